The van der Waals surface area contributed by atoms with Gasteiger partial charge in [0.25, 0.3) is 5.91 Å². The molecule has 0 bridgehead atoms. The molecule has 1 aromatic carbocycles. The molecule has 0 aliphatic heterocycles. The Balaban J connectivity index is 2.84. The second kappa shape index (κ2) is 5.56. The number of halogens is 2. The van der Waals surface area contributed by atoms with E-state index in [1.165, 1.54) is 0 Å². The monoisotopic (exact) mass is 323 g/mol. The Morgan fingerprint density at radius 2 is 2.14 bits per heavy atom. The van der Waals surface area contributed by atoms with Gasteiger partial charge in [-0.2, -0.15) is 0 Å². The van der Waals surface area contributed by atoms with Gasteiger partial charge in [0.1, 0.15) is 0 Å². The maximum atomic E-state index is 11.8. The minimum Gasteiger partial charge on any atom is -0.340 e. The fourth-order valence-electron chi connectivity index (χ4n) is 1.07. The van der Waals surface area contributed by atoms with Crippen molar-refractivity contribution in [1.82, 2.24) is 4.90 Å². The van der Waals surface area contributed by atoms with Gasteiger partial charge in [-0.1, -0.05) is 12.1 Å². The zero-order valence-electron chi connectivity index (χ0n) is 7.84. The molecule has 0 saturated carbocycles. The highest BCUT2D eigenvalue weighted by molar-refractivity contribution is 14.1. The molecule has 0 aliphatic rings. The van der Waals surface area contributed by atoms with Crippen LogP contribution in [-0.2, 0) is 0 Å². The van der Waals surface area contributed by atoms with Gasteiger partial charge >= 0.3 is 0 Å². The molecule has 0 unspecified atom stereocenters. The van der Waals surface area contributed by atoms with Crippen LogP contribution in [-0.4, -0.2) is 30.3 Å². The van der Waals surface area contributed by atoms with Crippen LogP contribution >= 0.6 is 34.2 Å². The van der Waals surface area contributed by atoms with Crippen molar-refractivity contribution in [3.63, 3.8) is 0 Å². The molecule has 0 fully saturated rings. The first kappa shape index (κ1) is 11.8. The van der Waals surface area contributed by atoms with Gasteiger partial charge < -0.3 is 4.90 Å². The highest BCUT2D eigenvalue weighted by atomic mass is 127. The Morgan fingerprint density at radius 3 is 2.71 bits per heavy atom. The molecule has 1 rings (SSSR count). The van der Waals surface area contributed by atoms with E-state index in [0.717, 1.165) is 9.13 Å². The quantitative estimate of drug-likeness (QED) is 0.618. The first-order chi connectivity index (χ1) is 6.66. The summed E-state index contributed by atoms with van der Waals surface area (Å²) in [5, 5.41) is 0. The number of hydrogen-bond acceptors (Lipinski definition) is 1. The van der Waals surface area contributed by atoms with E-state index in [-0.39, 0.29) is 5.91 Å². The average Bonchev–Trinajstić information content (AvgIpc) is 2.18. The van der Waals surface area contributed by atoms with Crippen LogP contribution in [0.2, 0.25) is 0 Å². The summed E-state index contributed by atoms with van der Waals surface area (Å²) in [6, 6.07) is 7.53. The van der Waals surface area contributed by atoms with Gasteiger partial charge in [-0.3, -0.25) is 4.79 Å². The lowest BCUT2D eigenvalue weighted by Gasteiger charge is -2.16. The predicted octanol–water partition coefficient (Wildman–Crippen LogP) is 2.60. The van der Waals surface area contributed by atoms with Gasteiger partial charge in [0, 0.05) is 23.0 Å². The van der Waals surface area contributed by atoms with Crippen molar-refractivity contribution in [2.24, 2.45) is 0 Å². The minimum absolute atomic E-state index is 0.0238. The molecule has 4 heteroatoms. The van der Waals surface area contributed by atoms with Gasteiger partial charge in [0.15, 0.2) is 0 Å². The van der Waals surface area contributed by atoms with Crippen LogP contribution in [0.4, 0.5) is 0 Å². The smallest absolute Gasteiger partial charge is 0.254 e. The molecule has 1 amide bonds. The molecule has 1 aromatic rings. The Bertz CT molecular complexity index is 330. The minimum atomic E-state index is 0.0238. The van der Waals surface area contributed by atoms with Gasteiger partial charge in [-0.05, 0) is 34.7 Å². The Morgan fingerprint density at radius 1 is 1.50 bits per heavy atom. The number of alkyl halides is 1. The summed E-state index contributed by atoms with van der Waals surface area (Å²) in [4.78, 5) is 13.4. The molecule has 0 N–H and O–H groups in total. The van der Waals surface area contributed by atoms with E-state index in [9.17, 15) is 4.79 Å². The van der Waals surface area contributed by atoms with Crippen LogP contribution in [0, 0.1) is 3.57 Å². The molecule has 0 atom stereocenters. The zero-order chi connectivity index (χ0) is 10.6. The summed E-state index contributed by atoms with van der Waals surface area (Å²) >= 11 is 7.73. The van der Waals surface area contributed by atoms with Gasteiger partial charge in [-0.15, -0.1) is 11.6 Å². The second-order valence-corrected chi connectivity index (χ2v) is 4.44. The molecule has 2 nitrogen and oxygen atoms in total. The molecule has 0 aromatic heterocycles. The summed E-state index contributed by atoms with van der Waals surface area (Å²) in [6.07, 6.45) is 0. The molecule has 0 aliphatic carbocycles. The summed E-state index contributed by atoms with van der Waals surface area (Å²) in [7, 11) is 1.76. The van der Waals surface area contributed by atoms with Crippen LogP contribution in [0.3, 0.4) is 0 Å². The van der Waals surface area contributed by atoms with E-state index in [2.05, 4.69) is 22.6 Å². The van der Waals surface area contributed by atoms with Crippen molar-refractivity contribution in [1.29, 1.82) is 0 Å². The number of carbonyl (C=O) groups excluding carboxylic acids is 1. The first-order valence-electron chi connectivity index (χ1n) is 4.22. The molecule has 0 radical (unpaired) electrons. The van der Waals surface area contributed by atoms with Crippen LogP contribution < -0.4 is 0 Å². The van der Waals surface area contributed by atoms with Crippen molar-refractivity contribution in [2.75, 3.05) is 19.5 Å². The normalized spacial score (nSPS) is 9.93. The SMILES string of the molecule is CN(CCCl)C(=O)c1ccccc1I. The summed E-state index contributed by atoms with van der Waals surface area (Å²) < 4.78 is 0.969. The van der Waals surface area contributed by atoms with E-state index >= 15 is 0 Å². The number of hydrogen-bond donors (Lipinski definition) is 0. The Labute approximate surface area is 102 Å². The fraction of sp³-hybridized carbons (Fsp3) is 0.300. The van der Waals surface area contributed by atoms with Crippen LogP contribution in [0.25, 0.3) is 0 Å². The van der Waals surface area contributed by atoms with Crippen molar-refractivity contribution < 1.29 is 4.79 Å². The molecule has 14 heavy (non-hydrogen) atoms. The summed E-state index contributed by atoms with van der Waals surface area (Å²) in [5.74, 6) is 0.488. The number of carbonyl (C=O) groups is 1. The van der Waals surface area contributed by atoms with Gasteiger partial charge in [0.05, 0.1) is 5.56 Å². The predicted molar refractivity (Wildman–Crippen MR) is 66.8 cm³/mol. The molecule has 76 valence electrons. The second-order valence-electron chi connectivity index (χ2n) is 2.90. The van der Waals surface area contributed by atoms with Crippen LogP contribution in [0.15, 0.2) is 24.3 Å². The van der Waals surface area contributed by atoms with E-state index in [4.69, 9.17) is 11.6 Å². The van der Waals surface area contributed by atoms with Crippen molar-refractivity contribution in [3.8, 4) is 0 Å². The van der Waals surface area contributed by atoms with E-state index < -0.39 is 0 Å². The molecule has 0 heterocycles. The maximum absolute atomic E-state index is 11.8. The highest BCUT2D eigenvalue weighted by Crippen LogP contribution is 2.13. The van der Waals surface area contributed by atoms with Crippen LogP contribution in [0.5, 0.6) is 0 Å². The Kier molecular flexibility index (Phi) is 4.68. The van der Waals surface area contributed by atoms with Crippen molar-refractivity contribution >= 4 is 40.1 Å². The Hall–Kier alpha value is -0.290. The van der Waals surface area contributed by atoms with E-state index in [1.54, 1.807) is 11.9 Å². The van der Waals surface area contributed by atoms with Crippen LogP contribution in [0.1, 0.15) is 10.4 Å². The number of rotatable bonds is 3. The topological polar surface area (TPSA) is 20.3 Å². The van der Waals surface area contributed by atoms with E-state index in [0.29, 0.717) is 12.4 Å². The standard InChI is InChI=1S/C10H11ClINO/c1-13(7-6-11)10(14)8-4-2-3-5-9(8)12/h2-5H,6-7H2,1H3. The molecular formula is C10H11ClINO. The molecule has 0 spiro atoms. The number of nitrogens with zero attached hydrogens (tertiary/aromatic N) is 1. The highest BCUT2D eigenvalue weighted by Gasteiger charge is 2.12. The largest absolute Gasteiger partial charge is 0.340 e. The third kappa shape index (κ3) is 2.85. The van der Waals surface area contributed by atoms with E-state index in [1.807, 2.05) is 24.3 Å². The summed E-state index contributed by atoms with van der Waals surface area (Å²) in [5.41, 5.74) is 0.737. The number of benzene rings is 1. The maximum Gasteiger partial charge on any atom is 0.254 e. The summed E-state index contributed by atoms with van der Waals surface area (Å²) in [6.45, 7) is 0.575. The van der Waals surface area contributed by atoms with Gasteiger partial charge in [-0.25, -0.2) is 0 Å². The third-order valence-electron chi connectivity index (χ3n) is 1.87. The third-order valence-corrected chi connectivity index (χ3v) is 2.98. The zero-order valence-corrected chi connectivity index (χ0v) is 10.7. The fourth-order valence-corrected chi connectivity index (χ4v) is 1.94. The lowest BCUT2D eigenvalue weighted by molar-refractivity contribution is 0.0802. The lowest BCUT2D eigenvalue weighted by atomic mass is 10.2. The average molecular weight is 324 g/mol. The van der Waals surface area contributed by atoms with Gasteiger partial charge in [0.2, 0.25) is 0 Å². The molecular weight excluding hydrogens is 312 g/mol. The van der Waals surface area contributed by atoms with Crippen molar-refractivity contribution in [3.05, 3.63) is 33.4 Å². The molecule has 0 saturated heterocycles. The van der Waals surface area contributed by atoms with Crippen molar-refractivity contribution in [2.45, 2.75) is 0 Å². The first-order valence-corrected chi connectivity index (χ1v) is 5.84. The number of amides is 1. The lowest BCUT2D eigenvalue weighted by Crippen LogP contribution is -2.29.